The van der Waals surface area contributed by atoms with Gasteiger partial charge < -0.3 is 14.5 Å². The molecule has 0 aliphatic carbocycles. The Morgan fingerprint density at radius 1 is 1.29 bits per heavy atom. The second kappa shape index (κ2) is 6.91. The van der Waals surface area contributed by atoms with Crippen LogP contribution in [-0.4, -0.2) is 61.0 Å². The molecule has 5 nitrogen and oxygen atoms in total. The predicted molar refractivity (Wildman–Crippen MR) is 96.0 cm³/mol. The number of hydrogen-bond donors (Lipinski definition) is 0. The van der Waals surface area contributed by atoms with Crippen molar-refractivity contribution in [1.82, 2.24) is 14.8 Å². The van der Waals surface area contributed by atoms with Crippen LogP contribution in [0.15, 0.2) is 29.8 Å². The van der Waals surface area contributed by atoms with Gasteiger partial charge >= 0.3 is 0 Å². The molecular formula is C18H23N3O2S. The molecule has 0 N–H and O–H groups in total. The number of likely N-dealkylation sites (N-methyl/N-ethyl adjacent to an activating group) is 1. The zero-order chi connectivity index (χ0) is 17.3. The van der Waals surface area contributed by atoms with Crippen LogP contribution in [-0.2, 0) is 0 Å². The van der Waals surface area contributed by atoms with Gasteiger partial charge in [0.15, 0.2) is 0 Å². The number of aromatic nitrogens is 1. The zero-order valence-electron chi connectivity index (χ0n) is 14.5. The highest BCUT2D eigenvalue weighted by atomic mass is 32.1. The third-order valence-corrected chi connectivity index (χ3v) is 5.64. The fourth-order valence-corrected chi connectivity index (χ4v) is 4.07. The Labute approximate surface area is 146 Å². The summed E-state index contributed by atoms with van der Waals surface area (Å²) in [4.78, 5) is 22.0. The molecule has 0 unspecified atom stereocenters. The molecule has 1 fully saturated rings. The third-order valence-electron chi connectivity index (χ3n) is 4.72. The zero-order valence-corrected chi connectivity index (χ0v) is 15.3. The van der Waals surface area contributed by atoms with E-state index in [1.807, 2.05) is 24.0 Å². The molecule has 24 heavy (non-hydrogen) atoms. The molecule has 2 heterocycles. The van der Waals surface area contributed by atoms with Gasteiger partial charge in [0.2, 0.25) is 0 Å². The van der Waals surface area contributed by atoms with Crippen molar-refractivity contribution in [2.45, 2.75) is 18.9 Å². The van der Waals surface area contributed by atoms with E-state index in [2.05, 4.69) is 36.1 Å². The number of rotatable bonds is 4. The molecule has 1 aromatic heterocycles. The Kier molecular flexibility index (Phi) is 4.87. The number of hydrogen-bond acceptors (Lipinski definition) is 5. The molecule has 2 atom stereocenters. The van der Waals surface area contributed by atoms with Gasteiger partial charge in [-0.3, -0.25) is 4.79 Å². The van der Waals surface area contributed by atoms with Crippen molar-refractivity contribution in [2.24, 2.45) is 0 Å². The van der Waals surface area contributed by atoms with Crippen LogP contribution in [0.5, 0.6) is 5.75 Å². The lowest BCUT2D eigenvalue weighted by atomic mass is 9.93. The number of benzene rings is 1. The molecule has 6 heteroatoms. The maximum atomic E-state index is 12.8. The summed E-state index contributed by atoms with van der Waals surface area (Å²) in [7, 11) is 5.82. The van der Waals surface area contributed by atoms with Crippen LogP contribution < -0.4 is 4.74 Å². The van der Waals surface area contributed by atoms with E-state index < -0.39 is 0 Å². The fraction of sp³-hybridized carbons (Fsp3) is 0.444. The minimum absolute atomic E-state index is 0.0952. The van der Waals surface area contributed by atoms with Crippen LogP contribution in [0, 0.1) is 6.92 Å². The summed E-state index contributed by atoms with van der Waals surface area (Å²) < 4.78 is 5.25. The number of methoxy groups -OCH3 is 1. The molecule has 1 aliphatic rings. The van der Waals surface area contributed by atoms with Gasteiger partial charge in [-0.05, 0) is 38.7 Å². The second-order valence-electron chi connectivity index (χ2n) is 6.39. The number of aryl methyl sites for hydroxylation is 1. The molecule has 0 radical (unpaired) electrons. The van der Waals surface area contributed by atoms with Crippen LogP contribution in [0.4, 0.5) is 0 Å². The Bertz CT molecular complexity index is 711. The topological polar surface area (TPSA) is 45.7 Å². The van der Waals surface area contributed by atoms with Crippen LogP contribution in [0.3, 0.4) is 0 Å². The fourth-order valence-electron chi connectivity index (χ4n) is 3.31. The van der Waals surface area contributed by atoms with E-state index in [9.17, 15) is 4.79 Å². The molecule has 0 spiro atoms. The van der Waals surface area contributed by atoms with Gasteiger partial charge in [0.05, 0.1) is 18.3 Å². The van der Waals surface area contributed by atoms with Gasteiger partial charge in [0.1, 0.15) is 10.6 Å². The van der Waals surface area contributed by atoms with Crippen molar-refractivity contribution in [1.29, 1.82) is 0 Å². The standard InChI is InChI=1S/C18H23N3O2S/c1-12-17(24-11-19-12)18(22)21-9-15(16(10-21)20(2)3)13-5-7-14(23-4)8-6-13/h5-8,11,15-16H,9-10H2,1-4H3/t15-,16+/m0/s1. The van der Waals surface area contributed by atoms with Gasteiger partial charge in [0, 0.05) is 25.0 Å². The SMILES string of the molecule is COc1ccc([C@@H]2CN(C(=O)c3scnc3C)C[C@H]2N(C)C)cc1. The lowest BCUT2D eigenvalue weighted by molar-refractivity contribution is 0.0786. The van der Waals surface area contributed by atoms with Gasteiger partial charge in [-0.25, -0.2) is 4.98 Å². The Balaban J connectivity index is 1.83. The van der Waals surface area contributed by atoms with E-state index in [1.54, 1.807) is 12.6 Å². The number of thiazole rings is 1. The maximum absolute atomic E-state index is 12.8. The van der Waals surface area contributed by atoms with Crippen LogP contribution in [0.1, 0.15) is 26.8 Å². The van der Waals surface area contributed by atoms with Crippen molar-refractivity contribution in [2.75, 3.05) is 34.3 Å². The summed E-state index contributed by atoms with van der Waals surface area (Å²) in [6, 6.07) is 8.48. The van der Waals surface area contributed by atoms with E-state index in [4.69, 9.17) is 4.74 Å². The molecule has 3 rings (SSSR count). The smallest absolute Gasteiger partial charge is 0.265 e. The normalized spacial score (nSPS) is 20.6. The maximum Gasteiger partial charge on any atom is 0.265 e. The highest BCUT2D eigenvalue weighted by Gasteiger charge is 2.38. The van der Waals surface area contributed by atoms with Crippen molar-refractivity contribution in [3.8, 4) is 5.75 Å². The largest absolute Gasteiger partial charge is 0.497 e. The van der Waals surface area contributed by atoms with Crippen molar-refractivity contribution >= 4 is 17.2 Å². The first kappa shape index (κ1) is 16.9. The van der Waals surface area contributed by atoms with E-state index in [-0.39, 0.29) is 5.91 Å². The molecule has 1 aromatic carbocycles. The van der Waals surface area contributed by atoms with Crippen molar-refractivity contribution < 1.29 is 9.53 Å². The average Bonchev–Trinajstić information content (AvgIpc) is 3.21. The van der Waals surface area contributed by atoms with Crippen LogP contribution in [0.25, 0.3) is 0 Å². The van der Waals surface area contributed by atoms with E-state index >= 15 is 0 Å². The molecule has 1 saturated heterocycles. The average molecular weight is 345 g/mol. The van der Waals surface area contributed by atoms with Crippen LogP contribution >= 0.6 is 11.3 Å². The molecular weight excluding hydrogens is 322 g/mol. The highest BCUT2D eigenvalue weighted by molar-refractivity contribution is 7.11. The molecule has 0 bridgehead atoms. The molecule has 0 saturated carbocycles. The number of nitrogens with zero attached hydrogens (tertiary/aromatic N) is 3. The number of carbonyl (C=O) groups excluding carboxylic acids is 1. The van der Waals surface area contributed by atoms with E-state index in [0.29, 0.717) is 12.0 Å². The van der Waals surface area contributed by atoms with Crippen molar-refractivity contribution in [3.63, 3.8) is 0 Å². The monoisotopic (exact) mass is 345 g/mol. The van der Waals surface area contributed by atoms with Crippen molar-refractivity contribution in [3.05, 3.63) is 45.9 Å². The molecule has 2 aromatic rings. The first-order valence-corrected chi connectivity index (χ1v) is 8.89. The van der Waals surface area contributed by atoms with Gasteiger partial charge in [-0.2, -0.15) is 0 Å². The molecule has 128 valence electrons. The predicted octanol–water partition coefficient (Wildman–Crippen LogP) is 2.63. The number of likely N-dealkylation sites (tertiary alicyclic amines) is 1. The minimum Gasteiger partial charge on any atom is -0.497 e. The van der Waals surface area contributed by atoms with Gasteiger partial charge in [0.25, 0.3) is 5.91 Å². The van der Waals surface area contributed by atoms with E-state index in [1.165, 1.54) is 16.9 Å². The quantitative estimate of drug-likeness (QED) is 0.855. The van der Waals surface area contributed by atoms with Gasteiger partial charge in [-0.15, -0.1) is 11.3 Å². The number of ether oxygens (including phenoxy) is 1. The lowest BCUT2D eigenvalue weighted by Gasteiger charge is -2.25. The first-order chi connectivity index (χ1) is 11.5. The summed E-state index contributed by atoms with van der Waals surface area (Å²) in [5, 5.41) is 0. The Morgan fingerprint density at radius 2 is 2.00 bits per heavy atom. The summed E-state index contributed by atoms with van der Waals surface area (Å²) in [5.41, 5.74) is 3.80. The molecule has 1 amide bonds. The lowest BCUT2D eigenvalue weighted by Crippen LogP contribution is -2.35. The Morgan fingerprint density at radius 3 is 2.54 bits per heavy atom. The third kappa shape index (κ3) is 3.16. The summed E-state index contributed by atoms with van der Waals surface area (Å²) in [6.07, 6.45) is 0. The highest BCUT2D eigenvalue weighted by Crippen LogP contribution is 2.32. The Hall–Kier alpha value is -1.92. The summed E-state index contributed by atoms with van der Waals surface area (Å²) in [6.45, 7) is 3.36. The second-order valence-corrected chi connectivity index (χ2v) is 7.24. The van der Waals surface area contributed by atoms with Gasteiger partial charge in [-0.1, -0.05) is 12.1 Å². The minimum atomic E-state index is 0.0952. The summed E-state index contributed by atoms with van der Waals surface area (Å²) >= 11 is 1.42. The number of carbonyl (C=O) groups is 1. The van der Waals surface area contributed by atoms with Crippen LogP contribution in [0.2, 0.25) is 0 Å². The number of amides is 1. The molecule has 1 aliphatic heterocycles. The first-order valence-electron chi connectivity index (χ1n) is 8.01. The van der Waals surface area contributed by atoms with E-state index in [0.717, 1.165) is 29.4 Å². The summed E-state index contributed by atoms with van der Waals surface area (Å²) in [5.74, 6) is 1.24.